The largest absolute Gasteiger partial charge is 0.383 e. The minimum absolute atomic E-state index is 0.310. The van der Waals surface area contributed by atoms with Crippen LogP contribution in [0.15, 0.2) is 23.2 Å². The summed E-state index contributed by atoms with van der Waals surface area (Å²) in [5.41, 5.74) is 1.87. The molecule has 0 spiro atoms. The van der Waals surface area contributed by atoms with E-state index in [2.05, 4.69) is 4.99 Å². The normalized spacial score (nSPS) is 14.1. The van der Waals surface area contributed by atoms with Crippen LogP contribution in [0.25, 0.3) is 0 Å². The van der Waals surface area contributed by atoms with Crippen molar-refractivity contribution in [3.05, 3.63) is 23.8 Å². The average Bonchev–Trinajstić information content (AvgIpc) is 2.47. The van der Waals surface area contributed by atoms with E-state index in [1.807, 2.05) is 6.07 Å². The molecule has 0 amide bonds. The standard InChI is InChI=1S/C9H9NO3S/c1-14(11,12)13-8-3-2-7-4-5-10-9(7)6-8/h2-3,5-6H,4H2,1H3. The first-order chi connectivity index (χ1) is 6.54. The Balaban J connectivity index is 2.33. The Hall–Kier alpha value is -1.36. The van der Waals surface area contributed by atoms with E-state index in [0.717, 1.165) is 23.9 Å². The van der Waals surface area contributed by atoms with Gasteiger partial charge in [0.2, 0.25) is 0 Å². The lowest BCUT2D eigenvalue weighted by Crippen LogP contribution is -2.05. The fraction of sp³-hybridized carbons (Fsp3) is 0.222. The van der Waals surface area contributed by atoms with Crippen molar-refractivity contribution >= 4 is 22.0 Å². The van der Waals surface area contributed by atoms with E-state index in [4.69, 9.17) is 4.18 Å². The summed E-state index contributed by atoms with van der Waals surface area (Å²) in [6, 6.07) is 5.08. The summed E-state index contributed by atoms with van der Waals surface area (Å²) in [7, 11) is -3.45. The smallest absolute Gasteiger partial charge is 0.306 e. The van der Waals surface area contributed by atoms with E-state index < -0.39 is 10.1 Å². The van der Waals surface area contributed by atoms with Crippen LogP contribution >= 0.6 is 0 Å². The number of fused-ring (bicyclic) bond motifs is 1. The number of aliphatic imine (C=N–C) groups is 1. The third-order valence-corrected chi connectivity index (χ3v) is 2.34. The van der Waals surface area contributed by atoms with Gasteiger partial charge in [-0.05, 0) is 11.6 Å². The molecule has 0 unspecified atom stereocenters. The van der Waals surface area contributed by atoms with Crippen LogP contribution in [-0.4, -0.2) is 20.9 Å². The minimum Gasteiger partial charge on any atom is -0.383 e. The van der Waals surface area contributed by atoms with Gasteiger partial charge in [-0.25, -0.2) is 0 Å². The summed E-state index contributed by atoms with van der Waals surface area (Å²) in [6.45, 7) is 0. The molecule has 5 heteroatoms. The summed E-state index contributed by atoms with van der Waals surface area (Å²) >= 11 is 0. The summed E-state index contributed by atoms with van der Waals surface area (Å²) in [4.78, 5) is 4.09. The summed E-state index contributed by atoms with van der Waals surface area (Å²) in [5, 5.41) is 0. The van der Waals surface area contributed by atoms with E-state index >= 15 is 0 Å². The van der Waals surface area contributed by atoms with Gasteiger partial charge in [0.05, 0.1) is 11.9 Å². The lowest BCUT2D eigenvalue weighted by Gasteiger charge is -2.03. The summed E-state index contributed by atoms with van der Waals surface area (Å²) in [6.07, 6.45) is 3.60. The predicted molar refractivity (Wildman–Crippen MR) is 53.8 cm³/mol. The van der Waals surface area contributed by atoms with Gasteiger partial charge in [-0.1, -0.05) is 6.07 Å². The predicted octanol–water partition coefficient (Wildman–Crippen LogP) is 1.28. The number of nitrogens with zero attached hydrogens (tertiary/aromatic N) is 1. The van der Waals surface area contributed by atoms with Gasteiger partial charge in [-0.2, -0.15) is 8.42 Å². The molecule has 0 saturated carbocycles. The zero-order valence-electron chi connectivity index (χ0n) is 7.60. The molecule has 1 aromatic carbocycles. The third kappa shape index (κ3) is 1.93. The molecule has 0 saturated heterocycles. The highest BCUT2D eigenvalue weighted by Gasteiger charge is 2.10. The molecule has 74 valence electrons. The fourth-order valence-corrected chi connectivity index (χ4v) is 1.76. The van der Waals surface area contributed by atoms with Crippen molar-refractivity contribution in [2.75, 3.05) is 6.26 Å². The Bertz CT molecular complexity index is 491. The van der Waals surface area contributed by atoms with Gasteiger partial charge in [0.25, 0.3) is 0 Å². The monoisotopic (exact) mass is 211 g/mol. The third-order valence-electron chi connectivity index (χ3n) is 1.85. The van der Waals surface area contributed by atoms with Crippen LogP contribution in [0.1, 0.15) is 5.56 Å². The second kappa shape index (κ2) is 3.09. The second-order valence-corrected chi connectivity index (χ2v) is 4.67. The zero-order chi connectivity index (χ0) is 10.2. The summed E-state index contributed by atoms with van der Waals surface area (Å²) in [5.74, 6) is 0.310. The Morgan fingerprint density at radius 2 is 2.21 bits per heavy atom. The highest BCUT2D eigenvalue weighted by molar-refractivity contribution is 7.86. The molecule has 0 bridgehead atoms. The quantitative estimate of drug-likeness (QED) is 0.692. The van der Waals surface area contributed by atoms with Crippen LogP contribution in [-0.2, 0) is 16.5 Å². The van der Waals surface area contributed by atoms with Gasteiger partial charge in [-0.3, -0.25) is 4.99 Å². The Kier molecular flexibility index (Phi) is 2.03. The number of rotatable bonds is 2. The topological polar surface area (TPSA) is 55.7 Å². The number of hydrogen-bond acceptors (Lipinski definition) is 4. The first-order valence-corrected chi connectivity index (χ1v) is 5.91. The van der Waals surface area contributed by atoms with Gasteiger partial charge >= 0.3 is 10.1 Å². The Morgan fingerprint density at radius 3 is 2.93 bits per heavy atom. The first kappa shape index (κ1) is 9.21. The molecular weight excluding hydrogens is 202 g/mol. The van der Waals surface area contributed by atoms with Crippen molar-refractivity contribution in [1.29, 1.82) is 0 Å². The number of hydrogen-bond donors (Lipinski definition) is 0. The SMILES string of the molecule is CS(=O)(=O)Oc1ccc2c(c1)N=CC2. The van der Waals surface area contributed by atoms with Crippen molar-refractivity contribution in [2.45, 2.75) is 6.42 Å². The lowest BCUT2D eigenvalue weighted by atomic mass is 10.1. The molecule has 1 heterocycles. The van der Waals surface area contributed by atoms with Crippen molar-refractivity contribution in [2.24, 2.45) is 4.99 Å². The molecule has 1 aliphatic rings. The Morgan fingerprint density at radius 1 is 1.43 bits per heavy atom. The maximum Gasteiger partial charge on any atom is 0.306 e. The Labute approximate surface area is 82.4 Å². The van der Waals surface area contributed by atoms with E-state index in [0.29, 0.717) is 5.75 Å². The van der Waals surface area contributed by atoms with Crippen molar-refractivity contribution in [3.8, 4) is 5.75 Å². The van der Waals surface area contributed by atoms with E-state index in [-0.39, 0.29) is 0 Å². The van der Waals surface area contributed by atoms with E-state index in [1.54, 1.807) is 18.3 Å². The molecule has 1 aliphatic heterocycles. The maximum absolute atomic E-state index is 10.8. The second-order valence-electron chi connectivity index (χ2n) is 3.09. The van der Waals surface area contributed by atoms with Crippen LogP contribution in [0.3, 0.4) is 0 Å². The van der Waals surface area contributed by atoms with Gasteiger partial charge < -0.3 is 4.18 Å². The molecule has 0 aliphatic carbocycles. The minimum atomic E-state index is -3.45. The zero-order valence-corrected chi connectivity index (χ0v) is 8.41. The molecular formula is C9H9NO3S. The van der Waals surface area contributed by atoms with Gasteiger partial charge in [0.15, 0.2) is 0 Å². The molecule has 0 aromatic heterocycles. The van der Waals surface area contributed by atoms with Crippen molar-refractivity contribution in [1.82, 2.24) is 0 Å². The number of benzene rings is 1. The van der Waals surface area contributed by atoms with Crippen LogP contribution in [0.2, 0.25) is 0 Å². The van der Waals surface area contributed by atoms with Crippen molar-refractivity contribution in [3.63, 3.8) is 0 Å². The molecule has 0 atom stereocenters. The van der Waals surface area contributed by atoms with E-state index in [9.17, 15) is 8.42 Å². The highest BCUT2D eigenvalue weighted by atomic mass is 32.2. The molecule has 4 nitrogen and oxygen atoms in total. The molecule has 0 fully saturated rings. The first-order valence-electron chi connectivity index (χ1n) is 4.09. The molecule has 1 aromatic rings. The van der Waals surface area contributed by atoms with Crippen LogP contribution in [0.4, 0.5) is 5.69 Å². The molecule has 2 rings (SSSR count). The van der Waals surface area contributed by atoms with Gasteiger partial charge in [0, 0.05) is 18.7 Å². The molecule has 0 N–H and O–H groups in total. The van der Waals surface area contributed by atoms with E-state index in [1.165, 1.54) is 0 Å². The van der Waals surface area contributed by atoms with Crippen LogP contribution < -0.4 is 4.18 Å². The van der Waals surface area contributed by atoms with Gasteiger partial charge in [0.1, 0.15) is 5.75 Å². The molecule has 0 radical (unpaired) electrons. The highest BCUT2D eigenvalue weighted by Crippen LogP contribution is 2.28. The molecule has 14 heavy (non-hydrogen) atoms. The van der Waals surface area contributed by atoms with Crippen molar-refractivity contribution < 1.29 is 12.6 Å². The van der Waals surface area contributed by atoms with Gasteiger partial charge in [-0.15, -0.1) is 0 Å². The van der Waals surface area contributed by atoms with Crippen LogP contribution in [0.5, 0.6) is 5.75 Å². The maximum atomic E-state index is 10.8. The average molecular weight is 211 g/mol. The summed E-state index contributed by atoms with van der Waals surface area (Å²) < 4.78 is 26.4. The fourth-order valence-electron chi connectivity index (χ4n) is 1.31. The van der Waals surface area contributed by atoms with Crippen LogP contribution in [0, 0.1) is 0 Å². The lowest BCUT2D eigenvalue weighted by molar-refractivity contribution is 0.493.